The molecule has 6 heteroatoms. The molecule has 0 fully saturated rings. The molecule has 0 aliphatic heterocycles. The van der Waals surface area contributed by atoms with Crippen molar-refractivity contribution in [3.05, 3.63) is 53.2 Å². The lowest BCUT2D eigenvalue weighted by atomic mass is 10.1. The lowest BCUT2D eigenvalue weighted by Gasteiger charge is -2.14. The van der Waals surface area contributed by atoms with Gasteiger partial charge >= 0.3 is 5.97 Å². The minimum atomic E-state index is -0.988. The average molecular weight is 264 g/mol. The maximum Gasteiger partial charge on any atom is 0.330 e. The van der Waals surface area contributed by atoms with Crippen molar-refractivity contribution in [3.8, 4) is 0 Å². The first-order chi connectivity index (χ1) is 8.66. The summed E-state index contributed by atoms with van der Waals surface area (Å²) in [5, 5.41) is 19.7. The molecular weight excluding hydrogens is 254 g/mol. The molecule has 0 saturated heterocycles. The summed E-state index contributed by atoms with van der Waals surface area (Å²) in [6.45, 7) is 0. The van der Waals surface area contributed by atoms with Crippen LogP contribution in [0.5, 0.6) is 0 Å². The van der Waals surface area contributed by atoms with Crippen molar-refractivity contribution in [2.45, 2.75) is 6.04 Å². The number of carbonyl (C=O) groups is 1. The molecule has 2 aromatic rings. The Balaban J connectivity index is 2.22. The zero-order valence-corrected chi connectivity index (χ0v) is 10.0. The molecule has 2 N–H and O–H groups in total. The van der Waals surface area contributed by atoms with E-state index >= 15 is 0 Å². The van der Waals surface area contributed by atoms with Crippen LogP contribution in [0.2, 0.25) is 5.15 Å². The Morgan fingerprint density at radius 2 is 1.89 bits per heavy atom. The van der Waals surface area contributed by atoms with E-state index < -0.39 is 12.0 Å². The smallest absolute Gasteiger partial charge is 0.330 e. The molecule has 0 radical (unpaired) electrons. The second-order valence-electron chi connectivity index (χ2n) is 3.57. The summed E-state index contributed by atoms with van der Waals surface area (Å²) in [5.74, 6) is -0.631. The molecule has 0 bridgehead atoms. The molecule has 2 rings (SSSR count). The van der Waals surface area contributed by atoms with Gasteiger partial charge in [0, 0.05) is 0 Å². The summed E-state index contributed by atoms with van der Waals surface area (Å²) < 4.78 is 0. The summed E-state index contributed by atoms with van der Waals surface area (Å²) in [6.07, 6.45) is 0. The van der Waals surface area contributed by atoms with E-state index in [-0.39, 0.29) is 5.15 Å². The summed E-state index contributed by atoms with van der Waals surface area (Å²) >= 11 is 5.61. The van der Waals surface area contributed by atoms with Gasteiger partial charge in [-0.05, 0) is 17.7 Å². The monoisotopic (exact) mass is 263 g/mol. The van der Waals surface area contributed by atoms with Gasteiger partial charge in [0.05, 0.1) is 0 Å². The zero-order chi connectivity index (χ0) is 13.0. The number of hydrogen-bond donors (Lipinski definition) is 2. The van der Waals surface area contributed by atoms with Crippen molar-refractivity contribution >= 4 is 23.4 Å². The van der Waals surface area contributed by atoms with Crippen molar-refractivity contribution in [2.75, 3.05) is 5.32 Å². The molecule has 18 heavy (non-hydrogen) atoms. The van der Waals surface area contributed by atoms with Gasteiger partial charge in [-0.2, -0.15) is 0 Å². The minimum Gasteiger partial charge on any atom is -0.479 e. The fraction of sp³-hybridized carbons (Fsp3) is 0.0833. The van der Waals surface area contributed by atoms with E-state index in [1.807, 2.05) is 6.07 Å². The van der Waals surface area contributed by atoms with Crippen LogP contribution in [0.25, 0.3) is 0 Å². The summed E-state index contributed by atoms with van der Waals surface area (Å²) in [4.78, 5) is 11.2. The van der Waals surface area contributed by atoms with Crippen LogP contribution in [0.4, 0.5) is 5.82 Å². The highest BCUT2D eigenvalue weighted by atomic mass is 35.5. The van der Waals surface area contributed by atoms with Crippen LogP contribution < -0.4 is 5.32 Å². The number of benzene rings is 1. The molecule has 1 unspecified atom stereocenters. The Labute approximate surface area is 108 Å². The standard InChI is InChI=1S/C12H10ClN3O2/c13-9-6-7-10(16-15-9)14-11(12(17)18)8-4-2-1-3-5-8/h1-7,11H,(H,14,16)(H,17,18). The Bertz CT molecular complexity index is 531. The number of halogens is 1. The molecular formula is C12H10ClN3O2. The van der Waals surface area contributed by atoms with Crippen molar-refractivity contribution < 1.29 is 9.90 Å². The first-order valence-corrected chi connectivity index (χ1v) is 5.58. The quantitative estimate of drug-likeness (QED) is 0.886. The SMILES string of the molecule is O=C(O)C(Nc1ccc(Cl)nn1)c1ccccc1. The molecule has 1 aromatic carbocycles. The van der Waals surface area contributed by atoms with Gasteiger partial charge in [-0.25, -0.2) is 4.79 Å². The first-order valence-electron chi connectivity index (χ1n) is 5.20. The number of nitrogens with one attached hydrogen (secondary N) is 1. The number of aliphatic carboxylic acids is 1. The number of rotatable bonds is 4. The van der Waals surface area contributed by atoms with Gasteiger partial charge in [-0.1, -0.05) is 41.9 Å². The third-order valence-electron chi connectivity index (χ3n) is 2.30. The van der Waals surface area contributed by atoms with Crippen molar-refractivity contribution in [1.82, 2.24) is 10.2 Å². The highest BCUT2D eigenvalue weighted by Gasteiger charge is 2.19. The second-order valence-corrected chi connectivity index (χ2v) is 3.95. The molecule has 0 aliphatic carbocycles. The van der Waals surface area contributed by atoms with E-state index in [4.69, 9.17) is 11.6 Å². The summed E-state index contributed by atoms with van der Waals surface area (Å²) in [5.41, 5.74) is 0.641. The van der Waals surface area contributed by atoms with Gasteiger partial charge in [0.15, 0.2) is 11.2 Å². The van der Waals surface area contributed by atoms with Crippen molar-refractivity contribution in [3.63, 3.8) is 0 Å². The third-order valence-corrected chi connectivity index (χ3v) is 2.51. The first kappa shape index (κ1) is 12.3. The molecule has 1 atom stereocenters. The number of carboxylic acid groups (broad SMARTS) is 1. The van der Waals surface area contributed by atoms with Gasteiger partial charge in [-0.15, -0.1) is 10.2 Å². The predicted octanol–water partition coefficient (Wildman–Crippen LogP) is 2.37. The Morgan fingerprint density at radius 1 is 1.17 bits per heavy atom. The van der Waals surface area contributed by atoms with Crippen LogP contribution in [0.15, 0.2) is 42.5 Å². The van der Waals surface area contributed by atoms with Crippen LogP contribution >= 0.6 is 11.6 Å². The maximum atomic E-state index is 11.2. The number of carboxylic acids is 1. The number of nitrogens with zero attached hydrogens (tertiary/aromatic N) is 2. The van der Waals surface area contributed by atoms with E-state index in [0.717, 1.165) is 0 Å². The van der Waals surface area contributed by atoms with E-state index in [0.29, 0.717) is 11.4 Å². The molecule has 0 saturated carbocycles. The number of aromatic nitrogens is 2. The third kappa shape index (κ3) is 2.95. The van der Waals surface area contributed by atoms with E-state index in [1.165, 1.54) is 0 Å². The summed E-state index contributed by atoms with van der Waals surface area (Å²) in [6, 6.07) is 11.1. The Kier molecular flexibility index (Phi) is 3.74. The predicted molar refractivity (Wildman–Crippen MR) is 67.5 cm³/mol. The Morgan fingerprint density at radius 3 is 2.44 bits per heavy atom. The second kappa shape index (κ2) is 5.46. The number of anilines is 1. The topological polar surface area (TPSA) is 75.1 Å². The van der Waals surface area contributed by atoms with Crippen LogP contribution in [0.1, 0.15) is 11.6 Å². The van der Waals surface area contributed by atoms with Gasteiger partial charge in [0.2, 0.25) is 0 Å². The van der Waals surface area contributed by atoms with Crippen LogP contribution in [-0.4, -0.2) is 21.3 Å². The van der Waals surface area contributed by atoms with E-state index in [2.05, 4.69) is 15.5 Å². The van der Waals surface area contributed by atoms with Crippen molar-refractivity contribution in [2.24, 2.45) is 0 Å². The molecule has 92 valence electrons. The van der Waals surface area contributed by atoms with E-state index in [1.54, 1.807) is 36.4 Å². The Hall–Kier alpha value is -2.14. The molecule has 0 spiro atoms. The molecule has 1 heterocycles. The van der Waals surface area contributed by atoms with Crippen molar-refractivity contribution in [1.29, 1.82) is 0 Å². The highest BCUT2D eigenvalue weighted by Crippen LogP contribution is 2.18. The number of hydrogen-bond acceptors (Lipinski definition) is 4. The molecule has 0 amide bonds. The fourth-order valence-corrected chi connectivity index (χ4v) is 1.57. The van der Waals surface area contributed by atoms with Gasteiger partial charge in [-0.3, -0.25) is 0 Å². The van der Waals surface area contributed by atoms with Crippen LogP contribution in [-0.2, 0) is 4.79 Å². The lowest BCUT2D eigenvalue weighted by molar-refractivity contribution is -0.138. The highest BCUT2D eigenvalue weighted by molar-refractivity contribution is 6.29. The summed E-state index contributed by atoms with van der Waals surface area (Å²) in [7, 11) is 0. The van der Waals surface area contributed by atoms with Gasteiger partial charge in [0.25, 0.3) is 0 Å². The van der Waals surface area contributed by atoms with Crippen LogP contribution in [0.3, 0.4) is 0 Å². The molecule has 5 nitrogen and oxygen atoms in total. The van der Waals surface area contributed by atoms with Gasteiger partial charge < -0.3 is 10.4 Å². The fourth-order valence-electron chi connectivity index (χ4n) is 1.47. The lowest BCUT2D eigenvalue weighted by Crippen LogP contribution is -2.21. The minimum absolute atomic E-state index is 0.257. The molecule has 0 aliphatic rings. The van der Waals surface area contributed by atoms with Gasteiger partial charge in [0.1, 0.15) is 5.82 Å². The maximum absolute atomic E-state index is 11.2. The zero-order valence-electron chi connectivity index (χ0n) is 9.25. The normalized spacial score (nSPS) is 11.8. The molecule has 1 aromatic heterocycles. The largest absolute Gasteiger partial charge is 0.479 e. The average Bonchev–Trinajstić information content (AvgIpc) is 2.38. The van der Waals surface area contributed by atoms with E-state index in [9.17, 15) is 9.90 Å². The van der Waals surface area contributed by atoms with Crippen LogP contribution in [0, 0.1) is 0 Å².